The van der Waals surface area contributed by atoms with Crippen LogP contribution in [0.3, 0.4) is 0 Å². The Balaban J connectivity index is 0.000000167. The zero-order valence-corrected chi connectivity index (χ0v) is 7.84. The molecule has 0 N–H and O–H groups in total. The minimum absolute atomic E-state index is 0. The minimum atomic E-state index is 0. The van der Waals surface area contributed by atoms with Crippen LogP contribution < -0.4 is 9.97 Å². The Labute approximate surface area is 78.7 Å². The molecular weight excluding hydrogens is 323 g/mol. The average Bonchev–Trinajstić information content (AvgIpc) is 2.67. The summed E-state index contributed by atoms with van der Waals surface area (Å²) in [6.45, 7) is 0. The van der Waals surface area contributed by atoms with Crippen LogP contribution in [0.15, 0.2) is 37.4 Å². The fourth-order valence-corrected chi connectivity index (χ4v) is 0.385. The molecule has 4 nitrogen and oxygen atoms in total. The predicted octanol–water partition coefficient (Wildman–Crippen LogP) is 0.0751. The molecule has 0 atom stereocenters. The summed E-state index contributed by atoms with van der Waals surface area (Å²) in [5, 5.41) is 0. The molecule has 0 saturated carbocycles. The first kappa shape index (κ1) is 10.1. The first-order valence-corrected chi connectivity index (χ1v) is 2.73. The second kappa shape index (κ2) is 7.22. The molecule has 0 fully saturated rings. The molecule has 0 bridgehead atoms. The molecule has 60 valence electrons. The smallest absolute Gasteiger partial charge is 0.450 e. The predicted molar refractivity (Wildman–Crippen MR) is 35.1 cm³/mol. The summed E-state index contributed by atoms with van der Waals surface area (Å²) in [4.78, 5) is 14.4. The minimum Gasteiger partial charge on any atom is -0.450 e. The van der Waals surface area contributed by atoms with E-state index in [9.17, 15) is 0 Å². The molecule has 11 heavy (non-hydrogen) atoms. The van der Waals surface area contributed by atoms with Gasteiger partial charge in [0, 0.05) is 0 Å². The molecule has 0 aliphatic rings. The van der Waals surface area contributed by atoms with Gasteiger partial charge in [-0.2, -0.15) is 0 Å². The molecule has 0 aliphatic carbocycles. The number of nitrogens with zero attached hydrogens (tertiary/aromatic N) is 4. The Morgan fingerprint density at radius 1 is 0.818 bits per heavy atom. The van der Waals surface area contributed by atoms with Crippen molar-refractivity contribution in [3.63, 3.8) is 0 Å². The molecule has 0 amide bonds. The Morgan fingerprint density at radius 2 is 1.27 bits per heavy atom. The number of imidazole rings is 2. The van der Waals surface area contributed by atoms with Crippen molar-refractivity contribution in [2.75, 3.05) is 0 Å². The van der Waals surface area contributed by atoms with Crippen LogP contribution in [0.1, 0.15) is 0 Å². The van der Waals surface area contributed by atoms with Crippen molar-refractivity contribution in [2.45, 2.75) is 0 Å². The van der Waals surface area contributed by atoms with Crippen molar-refractivity contribution >= 4 is 0 Å². The molecule has 0 radical (unpaired) electrons. The first-order valence-electron chi connectivity index (χ1n) is 2.73. The van der Waals surface area contributed by atoms with Gasteiger partial charge in [-0.3, -0.25) is 0 Å². The van der Waals surface area contributed by atoms with Crippen molar-refractivity contribution in [3.8, 4) is 0 Å². The van der Waals surface area contributed by atoms with Crippen LogP contribution in [0.2, 0.25) is 0 Å². The van der Waals surface area contributed by atoms with Gasteiger partial charge in [0.15, 0.2) is 0 Å². The van der Waals surface area contributed by atoms with E-state index in [0.717, 1.165) is 0 Å². The molecular formula is C6H6N4Pt. The summed E-state index contributed by atoms with van der Waals surface area (Å²) < 4.78 is 0. The number of hydrogen-bond acceptors (Lipinski definition) is 2. The van der Waals surface area contributed by atoms with Gasteiger partial charge in [0.25, 0.3) is 0 Å². The zero-order valence-electron chi connectivity index (χ0n) is 5.57. The van der Waals surface area contributed by atoms with Gasteiger partial charge in [0.05, 0.1) is 0 Å². The van der Waals surface area contributed by atoms with E-state index >= 15 is 0 Å². The topological polar surface area (TPSA) is 54.0 Å². The summed E-state index contributed by atoms with van der Waals surface area (Å²) in [7, 11) is 0. The molecule has 0 aliphatic heterocycles. The van der Waals surface area contributed by atoms with E-state index in [1.54, 1.807) is 24.8 Å². The Kier molecular flexibility index (Phi) is 6.63. The van der Waals surface area contributed by atoms with Gasteiger partial charge in [0.2, 0.25) is 0 Å². The number of rotatable bonds is 0. The molecule has 0 unspecified atom stereocenters. The third kappa shape index (κ3) is 5.55. The number of hydrogen-bond donors (Lipinski definition) is 0. The summed E-state index contributed by atoms with van der Waals surface area (Å²) in [6, 6.07) is 0. The molecule has 0 aromatic carbocycles. The van der Waals surface area contributed by atoms with E-state index in [2.05, 4.69) is 19.9 Å². The van der Waals surface area contributed by atoms with Gasteiger partial charge in [-0.15, -0.1) is 0 Å². The summed E-state index contributed by atoms with van der Waals surface area (Å²) >= 11 is 0. The summed E-state index contributed by atoms with van der Waals surface area (Å²) in [6.07, 6.45) is 9.56. The molecule has 5 heteroatoms. The van der Waals surface area contributed by atoms with Gasteiger partial charge in [0.1, 0.15) is 0 Å². The van der Waals surface area contributed by atoms with E-state index in [-0.39, 0.29) is 21.1 Å². The average molecular weight is 329 g/mol. The van der Waals surface area contributed by atoms with Crippen molar-refractivity contribution < 1.29 is 21.1 Å². The summed E-state index contributed by atoms with van der Waals surface area (Å²) in [5.74, 6) is 0. The fourth-order valence-electron chi connectivity index (χ4n) is 0.385. The van der Waals surface area contributed by atoms with Gasteiger partial charge < -0.3 is 19.9 Å². The van der Waals surface area contributed by atoms with Gasteiger partial charge in [-0.25, -0.2) is 0 Å². The van der Waals surface area contributed by atoms with Crippen LogP contribution in [-0.2, 0) is 21.1 Å². The van der Waals surface area contributed by atoms with E-state index in [4.69, 9.17) is 0 Å². The van der Waals surface area contributed by atoms with Crippen molar-refractivity contribution in [1.29, 1.82) is 0 Å². The van der Waals surface area contributed by atoms with E-state index < -0.39 is 0 Å². The van der Waals surface area contributed by atoms with Crippen molar-refractivity contribution in [1.82, 2.24) is 19.9 Å². The van der Waals surface area contributed by atoms with Crippen LogP contribution in [0, 0.1) is 0 Å². The Hall–Kier alpha value is -0.892. The van der Waals surface area contributed by atoms with Crippen LogP contribution >= 0.6 is 0 Å². The molecule has 2 aromatic rings. The normalized spacial score (nSPS) is 7.27. The SMILES string of the molecule is [Pt+2].c1c[n-]cn1.c1c[n-]cn1. The molecule has 2 heterocycles. The summed E-state index contributed by atoms with van der Waals surface area (Å²) in [5.41, 5.74) is 0. The van der Waals surface area contributed by atoms with E-state index in [0.29, 0.717) is 0 Å². The fraction of sp³-hybridized carbons (Fsp3) is 0. The van der Waals surface area contributed by atoms with Gasteiger partial charge in [-0.1, -0.05) is 37.4 Å². The molecule has 2 rings (SSSR count). The van der Waals surface area contributed by atoms with Crippen molar-refractivity contribution in [2.24, 2.45) is 0 Å². The first-order chi connectivity index (χ1) is 5.00. The molecule has 0 spiro atoms. The van der Waals surface area contributed by atoms with Crippen LogP contribution in [-0.4, -0.2) is 9.97 Å². The number of aromatic nitrogens is 4. The van der Waals surface area contributed by atoms with Crippen molar-refractivity contribution in [3.05, 3.63) is 37.4 Å². The zero-order chi connectivity index (χ0) is 7.07. The standard InChI is InChI=1S/2C3H3N2.Pt/c2*1-2-5-3-4-1;/h2*1-3H;/q2*-1;+2. The second-order valence-electron chi connectivity index (χ2n) is 1.42. The van der Waals surface area contributed by atoms with Crippen LogP contribution in [0.4, 0.5) is 0 Å². The van der Waals surface area contributed by atoms with Crippen LogP contribution in [0.5, 0.6) is 0 Å². The van der Waals surface area contributed by atoms with Gasteiger partial charge >= 0.3 is 21.1 Å². The van der Waals surface area contributed by atoms with E-state index in [1.165, 1.54) is 12.7 Å². The molecule has 2 aromatic heterocycles. The second-order valence-corrected chi connectivity index (χ2v) is 1.42. The largest absolute Gasteiger partial charge is 2.00 e. The van der Waals surface area contributed by atoms with Crippen LogP contribution in [0.25, 0.3) is 0 Å². The maximum atomic E-state index is 3.61. The molecule has 0 saturated heterocycles. The van der Waals surface area contributed by atoms with Gasteiger partial charge in [-0.05, 0) is 0 Å². The maximum absolute atomic E-state index is 3.61. The monoisotopic (exact) mass is 329 g/mol. The van der Waals surface area contributed by atoms with E-state index in [1.807, 2.05) is 0 Å². The Bertz CT molecular complexity index is 154. The third-order valence-electron chi connectivity index (χ3n) is 0.744. The third-order valence-corrected chi connectivity index (χ3v) is 0.744. The quantitative estimate of drug-likeness (QED) is 0.687. The maximum Gasteiger partial charge on any atom is 2.00 e. The Morgan fingerprint density at radius 3 is 1.36 bits per heavy atom.